The predicted octanol–water partition coefficient (Wildman–Crippen LogP) is 3.36. The molecule has 5 rings (SSSR count). The van der Waals surface area contributed by atoms with Crippen LogP contribution in [0, 0.1) is 22.7 Å². The molecule has 0 amide bonds. The summed E-state index contributed by atoms with van der Waals surface area (Å²) >= 11 is 0. The molecule has 4 aliphatic carbocycles. The third-order valence-electron chi connectivity index (χ3n) is 10.1. The van der Waals surface area contributed by atoms with Gasteiger partial charge in [0.2, 0.25) is 0 Å². The fourth-order valence-electron chi connectivity index (χ4n) is 8.30. The fourth-order valence-corrected chi connectivity index (χ4v) is 8.30. The zero-order valence-electron chi connectivity index (χ0n) is 17.6. The Morgan fingerprint density at radius 3 is 2.38 bits per heavy atom. The van der Waals surface area contributed by atoms with Crippen molar-refractivity contribution >= 4 is 0 Å². The van der Waals surface area contributed by atoms with Crippen LogP contribution in [-0.2, 0) is 0 Å². The molecule has 4 aliphatic rings. The molecule has 0 aromatic carbocycles. The monoisotopic (exact) mass is 402 g/mol. The highest BCUT2D eigenvalue weighted by Crippen LogP contribution is 2.71. The second-order valence-electron chi connectivity index (χ2n) is 11.0. The van der Waals surface area contributed by atoms with E-state index in [-0.39, 0.29) is 34.2 Å². The molecule has 1 heterocycles. The van der Waals surface area contributed by atoms with Gasteiger partial charge in [0.1, 0.15) is 0 Å². The molecule has 0 unspecified atom stereocenters. The Bertz CT molecular complexity index is 845. The Kier molecular flexibility index (Phi) is 4.21. The van der Waals surface area contributed by atoms with E-state index < -0.39 is 17.3 Å². The number of hydrogen-bond donors (Lipinski definition) is 3. The lowest BCUT2D eigenvalue weighted by atomic mass is 9.42. The summed E-state index contributed by atoms with van der Waals surface area (Å²) in [6.07, 6.45) is 8.22. The minimum absolute atomic E-state index is 0.169. The fraction of sp³-hybridized carbons (Fsp3) is 0.792. The second-order valence-corrected chi connectivity index (χ2v) is 11.0. The molecule has 0 bridgehead atoms. The van der Waals surface area contributed by atoms with Crippen molar-refractivity contribution in [2.75, 3.05) is 0 Å². The molecule has 1 aromatic heterocycles. The SMILES string of the molecule is C[C@]12CC[C@H](O)C[C@]1(O)CC[C@@H]1[C@@H]2CC[C@]2(C)[C@@H](c3ccc(=O)oc3)CC[C@@]12O. The molecule has 0 spiro atoms. The van der Waals surface area contributed by atoms with E-state index in [2.05, 4.69) is 13.8 Å². The summed E-state index contributed by atoms with van der Waals surface area (Å²) in [5.41, 5.74) is -1.41. The summed E-state index contributed by atoms with van der Waals surface area (Å²) in [6.45, 7) is 4.43. The molecule has 4 saturated carbocycles. The maximum absolute atomic E-state index is 12.2. The van der Waals surface area contributed by atoms with Crippen molar-refractivity contribution in [1.29, 1.82) is 0 Å². The number of rotatable bonds is 1. The minimum atomic E-state index is -0.823. The average Bonchev–Trinajstić information content (AvgIpc) is 2.95. The second kappa shape index (κ2) is 6.18. The first-order valence-corrected chi connectivity index (χ1v) is 11.3. The van der Waals surface area contributed by atoms with Crippen LogP contribution in [-0.4, -0.2) is 32.6 Å². The summed E-state index contributed by atoms with van der Waals surface area (Å²) < 4.78 is 5.15. The van der Waals surface area contributed by atoms with Gasteiger partial charge in [-0.05, 0) is 86.2 Å². The maximum atomic E-state index is 12.2. The van der Waals surface area contributed by atoms with Crippen LogP contribution in [0.4, 0.5) is 0 Å². The highest BCUT2D eigenvalue weighted by Gasteiger charge is 2.69. The first-order valence-electron chi connectivity index (χ1n) is 11.3. The zero-order chi connectivity index (χ0) is 20.7. The van der Waals surface area contributed by atoms with Crippen molar-refractivity contribution in [2.24, 2.45) is 22.7 Å². The van der Waals surface area contributed by atoms with Crippen molar-refractivity contribution in [2.45, 2.75) is 94.9 Å². The van der Waals surface area contributed by atoms with Crippen LogP contribution in [0.3, 0.4) is 0 Å². The Morgan fingerprint density at radius 1 is 0.931 bits per heavy atom. The van der Waals surface area contributed by atoms with Gasteiger partial charge in [-0.1, -0.05) is 13.8 Å². The third-order valence-corrected chi connectivity index (χ3v) is 10.1. The Balaban J connectivity index is 1.50. The van der Waals surface area contributed by atoms with Crippen molar-refractivity contribution < 1.29 is 19.7 Å². The number of aliphatic hydroxyl groups excluding tert-OH is 1. The van der Waals surface area contributed by atoms with Gasteiger partial charge in [-0.2, -0.15) is 0 Å². The third kappa shape index (κ3) is 2.47. The van der Waals surface area contributed by atoms with E-state index in [0.717, 1.165) is 50.5 Å². The van der Waals surface area contributed by atoms with Crippen molar-refractivity contribution in [3.63, 3.8) is 0 Å². The van der Waals surface area contributed by atoms with Gasteiger partial charge in [-0.15, -0.1) is 0 Å². The van der Waals surface area contributed by atoms with Crippen LogP contribution in [0.2, 0.25) is 0 Å². The first kappa shape index (κ1) is 19.8. The van der Waals surface area contributed by atoms with Crippen LogP contribution in [0.5, 0.6) is 0 Å². The molecule has 0 radical (unpaired) electrons. The quantitative estimate of drug-likeness (QED) is 0.670. The summed E-state index contributed by atoms with van der Waals surface area (Å²) in [4.78, 5) is 11.4. The largest absolute Gasteiger partial charge is 0.431 e. The molecule has 3 N–H and O–H groups in total. The van der Waals surface area contributed by atoms with E-state index in [9.17, 15) is 20.1 Å². The minimum Gasteiger partial charge on any atom is -0.431 e. The van der Waals surface area contributed by atoms with Crippen molar-refractivity contribution in [3.8, 4) is 0 Å². The molecule has 4 fully saturated rings. The van der Waals surface area contributed by atoms with Crippen LogP contribution < -0.4 is 5.63 Å². The average molecular weight is 403 g/mol. The lowest BCUT2D eigenvalue weighted by Gasteiger charge is -2.66. The van der Waals surface area contributed by atoms with E-state index in [4.69, 9.17) is 4.42 Å². The van der Waals surface area contributed by atoms with E-state index in [1.165, 1.54) is 6.07 Å². The van der Waals surface area contributed by atoms with Gasteiger partial charge in [0.15, 0.2) is 0 Å². The van der Waals surface area contributed by atoms with E-state index in [1.807, 2.05) is 6.07 Å². The van der Waals surface area contributed by atoms with Gasteiger partial charge < -0.3 is 19.7 Å². The molecular formula is C24H34O5. The summed E-state index contributed by atoms with van der Waals surface area (Å²) in [5, 5.41) is 33.9. The molecular weight excluding hydrogens is 368 g/mol. The standard InChI is InChI=1S/C24H34O5/c1-21-9-5-16(25)13-23(21,27)11-7-19-18(21)6-10-22(2)17(8-12-24(19,22)28)15-3-4-20(26)29-14-15/h3-4,14,16-19,25,27-28H,5-13H2,1-2H3/t16-,17+,18-,19+,21+,22+,23+,24+/m0/s1. The van der Waals surface area contributed by atoms with E-state index in [1.54, 1.807) is 6.26 Å². The number of fused-ring (bicyclic) bond motifs is 5. The molecule has 0 aliphatic heterocycles. The smallest absolute Gasteiger partial charge is 0.335 e. The lowest BCUT2D eigenvalue weighted by molar-refractivity contribution is -0.253. The molecule has 8 atom stereocenters. The van der Waals surface area contributed by atoms with Crippen molar-refractivity contribution in [3.05, 3.63) is 34.4 Å². The molecule has 0 saturated heterocycles. The Labute approximate surface area is 172 Å². The van der Waals surface area contributed by atoms with Crippen LogP contribution >= 0.6 is 0 Å². The first-order chi connectivity index (χ1) is 13.6. The summed E-state index contributed by atoms with van der Waals surface area (Å²) in [6, 6.07) is 3.35. The van der Waals surface area contributed by atoms with E-state index in [0.29, 0.717) is 12.8 Å². The predicted molar refractivity (Wildman–Crippen MR) is 108 cm³/mol. The topological polar surface area (TPSA) is 90.9 Å². The Hall–Kier alpha value is -1.17. The van der Waals surface area contributed by atoms with E-state index >= 15 is 0 Å². The zero-order valence-corrected chi connectivity index (χ0v) is 17.6. The van der Waals surface area contributed by atoms with Gasteiger partial charge in [0.05, 0.1) is 23.6 Å². The molecule has 1 aromatic rings. The summed E-state index contributed by atoms with van der Waals surface area (Å²) in [7, 11) is 0. The molecule has 5 heteroatoms. The number of aliphatic hydroxyl groups is 3. The molecule has 29 heavy (non-hydrogen) atoms. The summed E-state index contributed by atoms with van der Waals surface area (Å²) in [5.74, 6) is 0.626. The lowest BCUT2D eigenvalue weighted by Crippen LogP contribution is -2.67. The normalized spacial score (nSPS) is 51.8. The maximum Gasteiger partial charge on any atom is 0.335 e. The van der Waals surface area contributed by atoms with Gasteiger partial charge in [-0.3, -0.25) is 0 Å². The van der Waals surface area contributed by atoms with Gasteiger partial charge in [0.25, 0.3) is 0 Å². The molecule has 160 valence electrons. The van der Waals surface area contributed by atoms with Crippen LogP contribution in [0.1, 0.15) is 83.1 Å². The Morgan fingerprint density at radius 2 is 1.66 bits per heavy atom. The highest BCUT2D eigenvalue weighted by molar-refractivity contribution is 5.27. The van der Waals surface area contributed by atoms with Crippen LogP contribution in [0.25, 0.3) is 0 Å². The van der Waals surface area contributed by atoms with Crippen molar-refractivity contribution in [1.82, 2.24) is 0 Å². The van der Waals surface area contributed by atoms with Gasteiger partial charge >= 0.3 is 5.63 Å². The number of hydrogen-bond acceptors (Lipinski definition) is 5. The van der Waals surface area contributed by atoms with Crippen LogP contribution in [0.15, 0.2) is 27.6 Å². The van der Waals surface area contributed by atoms with Gasteiger partial charge in [-0.25, -0.2) is 4.79 Å². The molecule has 5 nitrogen and oxygen atoms in total. The highest BCUT2D eigenvalue weighted by atomic mass is 16.4. The van der Waals surface area contributed by atoms with Gasteiger partial charge in [0, 0.05) is 17.9 Å².